The van der Waals surface area contributed by atoms with Crippen LogP contribution in [0.15, 0.2) is 35.5 Å². The Bertz CT molecular complexity index is 402. The number of nitrogens with one attached hydrogen (secondary N) is 1. The van der Waals surface area contributed by atoms with Crippen molar-refractivity contribution in [3.63, 3.8) is 0 Å². The third kappa shape index (κ3) is 2.27. The van der Waals surface area contributed by atoms with Crippen LogP contribution < -0.4 is 0 Å². The van der Waals surface area contributed by atoms with Crippen LogP contribution in [0.1, 0.15) is 5.56 Å². The Morgan fingerprint density at radius 2 is 2.21 bits per heavy atom. The summed E-state index contributed by atoms with van der Waals surface area (Å²) in [6.07, 6.45) is 1.70. The molecule has 0 aliphatic heterocycles. The van der Waals surface area contributed by atoms with Crippen molar-refractivity contribution in [2.24, 2.45) is 0 Å². The molecule has 1 N–H and O–H groups in total. The van der Waals surface area contributed by atoms with E-state index in [4.69, 9.17) is 11.6 Å². The Hall–Kier alpha value is -1.00. The first kappa shape index (κ1) is 9.55. The zero-order valence-corrected chi connectivity index (χ0v) is 8.85. The van der Waals surface area contributed by atoms with Crippen LogP contribution in [-0.2, 0) is 5.75 Å². The van der Waals surface area contributed by atoms with Crippen LogP contribution in [0.4, 0.5) is 0 Å². The zero-order valence-electron chi connectivity index (χ0n) is 7.27. The first-order valence-corrected chi connectivity index (χ1v) is 5.44. The van der Waals surface area contributed by atoms with Gasteiger partial charge in [-0.15, -0.1) is 5.10 Å². The van der Waals surface area contributed by atoms with E-state index in [9.17, 15) is 0 Å². The van der Waals surface area contributed by atoms with Crippen LogP contribution >= 0.6 is 23.4 Å². The number of aromatic amines is 1. The second-order valence-electron chi connectivity index (χ2n) is 2.69. The molecule has 0 fully saturated rings. The highest BCUT2D eigenvalue weighted by atomic mass is 35.5. The lowest BCUT2D eigenvalue weighted by molar-refractivity contribution is 0.911. The van der Waals surface area contributed by atoms with E-state index in [0.717, 1.165) is 21.4 Å². The highest BCUT2D eigenvalue weighted by Gasteiger charge is 2.01. The van der Waals surface area contributed by atoms with E-state index in [2.05, 4.69) is 15.4 Å². The van der Waals surface area contributed by atoms with Gasteiger partial charge in [0.2, 0.25) is 0 Å². The molecule has 0 saturated carbocycles. The molecule has 1 heterocycles. The molecule has 0 spiro atoms. The summed E-state index contributed by atoms with van der Waals surface area (Å²) in [6.45, 7) is 0. The van der Waals surface area contributed by atoms with E-state index in [1.165, 1.54) is 0 Å². The third-order valence-electron chi connectivity index (χ3n) is 1.73. The normalized spacial score (nSPS) is 10.4. The number of benzene rings is 1. The number of thioether (sulfide) groups is 1. The van der Waals surface area contributed by atoms with Gasteiger partial charge in [0, 0.05) is 10.8 Å². The second kappa shape index (κ2) is 4.48. The predicted octanol–water partition coefficient (Wildman–Crippen LogP) is 2.75. The number of hydrogen-bond donors (Lipinski definition) is 1. The number of hydrogen-bond acceptors (Lipinski definition) is 3. The largest absolute Gasteiger partial charge is 0.197 e. The Balaban J connectivity index is 2.02. The van der Waals surface area contributed by atoms with Gasteiger partial charge in [0.1, 0.15) is 5.03 Å². The van der Waals surface area contributed by atoms with E-state index in [1.807, 2.05) is 24.3 Å². The molecular weight excluding hydrogens is 218 g/mol. The van der Waals surface area contributed by atoms with E-state index in [1.54, 1.807) is 18.0 Å². The van der Waals surface area contributed by atoms with E-state index in [-0.39, 0.29) is 0 Å². The number of rotatable bonds is 3. The molecule has 72 valence electrons. The van der Waals surface area contributed by atoms with Gasteiger partial charge in [0.25, 0.3) is 0 Å². The van der Waals surface area contributed by atoms with Gasteiger partial charge >= 0.3 is 0 Å². The van der Waals surface area contributed by atoms with Crippen molar-refractivity contribution in [2.75, 3.05) is 0 Å². The number of H-pyrrole nitrogens is 1. The SMILES string of the molecule is Clc1ccccc1CSc1cn[nH]n1. The fraction of sp³-hybridized carbons (Fsp3) is 0.111. The fourth-order valence-corrected chi connectivity index (χ4v) is 2.10. The lowest BCUT2D eigenvalue weighted by Crippen LogP contribution is -1.81. The van der Waals surface area contributed by atoms with Crippen LogP contribution in [0.5, 0.6) is 0 Å². The van der Waals surface area contributed by atoms with Gasteiger partial charge in [-0.3, -0.25) is 0 Å². The summed E-state index contributed by atoms with van der Waals surface area (Å²) in [6, 6.07) is 7.80. The molecule has 0 amide bonds. The summed E-state index contributed by atoms with van der Waals surface area (Å²) in [7, 11) is 0. The lowest BCUT2D eigenvalue weighted by Gasteiger charge is -2.00. The first-order chi connectivity index (χ1) is 6.86. The van der Waals surface area contributed by atoms with Crippen LogP contribution in [0, 0.1) is 0 Å². The van der Waals surface area contributed by atoms with Crippen LogP contribution in [0.25, 0.3) is 0 Å². The van der Waals surface area contributed by atoms with E-state index < -0.39 is 0 Å². The molecule has 2 aromatic rings. The van der Waals surface area contributed by atoms with Gasteiger partial charge in [0.05, 0.1) is 6.20 Å². The summed E-state index contributed by atoms with van der Waals surface area (Å²) in [5.74, 6) is 0.812. The summed E-state index contributed by atoms with van der Waals surface area (Å²) in [4.78, 5) is 0. The quantitative estimate of drug-likeness (QED) is 0.817. The topological polar surface area (TPSA) is 41.6 Å². The standard InChI is InChI=1S/C9H8ClN3S/c10-8-4-2-1-3-7(8)6-14-9-5-11-13-12-9/h1-5H,6H2,(H,11,12,13). The van der Waals surface area contributed by atoms with Crippen molar-refractivity contribution >= 4 is 23.4 Å². The number of halogens is 1. The van der Waals surface area contributed by atoms with Crippen molar-refractivity contribution in [1.29, 1.82) is 0 Å². The maximum Gasteiger partial charge on any atom is 0.139 e. The lowest BCUT2D eigenvalue weighted by atomic mass is 10.2. The molecule has 14 heavy (non-hydrogen) atoms. The molecular formula is C9H8ClN3S. The second-order valence-corrected chi connectivity index (χ2v) is 4.09. The van der Waals surface area contributed by atoms with Gasteiger partial charge in [-0.25, -0.2) is 0 Å². The Morgan fingerprint density at radius 3 is 2.93 bits per heavy atom. The first-order valence-electron chi connectivity index (χ1n) is 4.08. The van der Waals surface area contributed by atoms with Gasteiger partial charge in [-0.1, -0.05) is 41.6 Å². The number of nitrogens with zero attached hydrogens (tertiary/aromatic N) is 2. The van der Waals surface area contributed by atoms with Gasteiger partial charge in [0.15, 0.2) is 0 Å². The fourth-order valence-electron chi connectivity index (χ4n) is 1.03. The smallest absolute Gasteiger partial charge is 0.139 e. The Labute approximate surface area is 90.9 Å². The van der Waals surface area contributed by atoms with Crippen molar-refractivity contribution in [3.05, 3.63) is 41.0 Å². The summed E-state index contributed by atoms with van der Waals surface area (Å²) >= 11 is 7.61. The van der Waals surface area contributed by atoms with Gasteiger partial charge < -0.3 is 0 Å². The average Bonchev–Trinajstić information content (AvgIpc) is 2.69. The van der Waals surface area contributed by atoms with Crippen LogP contribution in [0.3, 0.4) is 0 Å². The van der Waals surface area contributed by atoms with Crippen molar-refractivity contribution in [3.8, 4) is 0 Å². The zero-order chi connectivity index (χ0) is 9.80. The molecule has 5 heteroatoms. The van der Waals surface area contributed by atoms with Crippen LogP contribution in [0.2, 0.25) is 5.02 Å². The molecule has 0 atom stereocenters. The van der Waals surface area contributed by atoms with Crippen molar-refractivity contribution in [2.45, 2.75) is 10.8 Å². The molecule has 0 radical (unpaired) electrons. The highest BCUT2D eigenvalue weighted by Crippen LogP contribution is 2.24. The molecule has 3 nitrogen and oxygen atoms in total. The van der Waals surface area contributed by atoms with E-state index in [0.29, 0.717) is 0 Å². The monoisotopic (exact) mass is 225 g/mol. The average molecular weight is 226 g/mol. The minimum atomic E-state index is 0.795. The number of aromatic nitrogens is 3. The maximum atomic E-state index is 6.01. The predicted molar refractivity (Wildman–Crippen MR) is 57.4 cm³/mol. The molecule has 1 aromatic carbocycles. The van der Waals surface area contributed by atoms with Crippen molar-refractivity contribution < 1.29 is 0 Å². The third-order valence-corrected chi connectivity index (χ3v) is 3.04. The summed E-state index contributed by atoms with van der Waals surface area (Å²) in [5, 5.41) is 11.9. The molecule has 0 unspecified atom stereocenters. The molecule has 0 aliphatic rings. The van der Waals surface area contributed by atoms with Crippen molar-refractivity contribution in [1.82, 2.24) is 15.4 Å². The van der Waals surface area contributed by atoms with E-state index >= 15 is 0 Å². The Morgan fingerprint density at radius 1 is 1.36 bits per heavy atom. The molecule has 2 rings (SSSR count). The minimum absolute atomic E-state index is 0.795. The van der Waals surface area contributed by atoms with Crippen LogP contribution in [-0.4, -0.2) is 15.4 Å². The Kier molecular flexibility index (Phi) is 3.06. The highest BCUT2D eigenvalue weighted by molar-refractivity contribution is 7.98. The minimum Gasteiger partial charge on any atom is -0.197 e. The summed E-state index contributed by atoms with van der Waals surface area (Å²) < 4.78 is 0. The molecule has 0 saturated heterocycles. The molecule has 0 bridgehead atoms. The van der Waals surface area contributed by atoms with Gasteiger partial charge in [-0.2, -0.15) is 10.3 Å². The van der Waals surface area contributed by atoms with Gasteiger partial charge in [-0.05, 0) is 11.6 Å². The molecule has 1 aromatic heterocycles. The summed E-state index contributed by atoms with van der Waals surface area (Å²) in [5.41, 5.74) is 1.11. The maximum absolute atomic E-state index is 6.01. The molecule has 0 aliphatic carbocycles.